The third kappa shape index (κ3) is 7.15. The topological polar surface area (TPSA) is 59.4 Å². The van der Waals surface area contributed by atoms with Gasteiger partial charge >= 0.3 is 0 Å². The van der Waals surface area contributed by atoms with Gasteiger partial charge in [-0.3, -0.25) is 9.69 Å². The monoisotopic (exact) mass is 484 g/mol. The molecule has 0 unspecified atom stereocenters. The molecule has 170 valence electrons. The molecule has 3 rings (SSSR count). The molecule has 1 saturated carbocycles. The zero-order valence-corrected chi connectivity index (χ0v) is 20.2. The molecule has 1 aliphatic heterocycles. The largest absolute Gasteiger partial charge is 0.368 e. The molecule has 0 spiro atoms. The number of rotatable bonds is 8. The Morgan fingerprint density at radius 2 is 1.77 bits per heavy atom. The van der Waals surface area contributed by atoms with E-state index in [1.165, 1.54) is 19.3 Å². The van der Waals surface area contributed by atoms with Crippen molar-refractivity contribution >= 4 is 46.4 Å². The molecule has 0 radical (unpaired) electrons. The Kier molecular flexibility index (Phi) is 9.59. The van der Waals surface area contributed by atoms with Gasteiger partial charge < -0.3 is 10.2 Å². The molecule has 0 atom stereocenters. The third-order valence-electron chi connectivity index (χ3n) is 6.49. The van der Waals surface area contributed by atoms with E-state index in [1.54, 1.807) is 0 Å². The first-order valence-corrected chi connectivity index (χ1v) is 12.4. The van der Waals surface area contributed by atoms with Gasteiger partial charge in [0.05, 0.1) is 26.8 Å². The lowest BCUT2D eigenvalue weighted by atomic mass is 9.84. The fourth-order valence-electron chi connectivity index (χ4n) is 4.56. The zero-order chi connectivity index (χ0) is 22.2. The highest BCUT2D eigenvalue weighted by Crippen LogP contribution is 2.38. The van der Waals surface area contributed by atoms with Crippen LogP contribution < -0.4 is 10.2 Å². The maximum absolute atomic E-state index is 11.9. The van der Waals surface area contributed by atoms with E-state index in [0.29, 0.717) is 40.4 Å². The van der Waals surface area contributed by atoms with Crippen LogP contribution in [0.5, 0.6) is 0 Å². The average Bonchev–Trinajstić information content (AvgIpc) is 2.78. The zero-order valence-electron chi connectivity index (χ0n) is 17.9. The van der Waals surface area contributed by atoms with Gasteiger partial charge in [0.25, 0.3) is 0 Å². The summed E-state index contributed by atoms with van der Waals surface area (Å²) in [7, 11) is 0. The minimum Gasteiger partial charge on any atom is -0.368 e. The van der Waals surface area contributed by atoms with Gasteiger partial charge in [-0.05, 0) is 63.1 Å². The first-order valence-electron chi connectivity index (χ1n) is 11.2. The summed E-state index contributed by atoms with van der Waals surface area (Å²) in [6, 6.07) is 6.16. The summed E-state index contributed by atoms with van der Waals surface area (Å²) in [6.07, 6.45) is 7.29. The summed E-state index contributed by atoms with van der Waals surface area (Å²) in [5.41, 5.74) is 0.962. The van der Waals surface area contributed by atoms with Crippen molar-refractivity contribution in [2.75, 3.05) is 37.6 Å². The van der Waals surface area contributed by atoms with E-state index < -0.39 is 0 Å². The molecule has 1 saturated heterocycles. The Balaban J connectivity index is 1.33. The van der Waals surface area contributed by atoms with Crippen molar-refractivity contribution in [1.82, 2.24) is 10.2 Å². The maximum Gasteiger partial charge on any atom is 0.220 e. The van der Waals surface area contributed by atoms with E-state index >= 15 is 0 Å². The summed E-state index contributed by atoms with van der Waals surface area (Å²) in [6.45, 7) is 5.03. The maximum atomic E-state index is 11.9. The van der Waals surface area contributed by atoms with E-state index in [-0.39, 0.29) is 5.91 Å². The number of amides is 1. The van der Waals surface area contributed by atoms with Gasteiger partial charge in [-0.1, -0.05) is 34.8 Å². The quantitative estimate of drug-likeness (QED) is 0.388. The van der Waals surface area contributed by atoms with Gasteiger partial charge in [-0.2, -0.15) is 5.26 Å². The third-order valence-corrected chi connectivity index (χ3v) is 7.77. The molecule has 0 bridgehead atoms. The molecule has 31 heavy (non-hydrogen) atoms. The molecule has 1 aromatic rings. The van der Waals surface area contributed by atoms with Crippen molar-refractivity contribution in [1.29, 1.82) is 5.26 Å². The van der Waals surface area contributed by atoms with Crippen LogP contribution in [0.15, 0.2) is 12.1 Å². The highest BCUT2D eigenvalue weighted by molar-refractivity contribution is 6.49. The Morgan fingerprint density at radius 3 is 2.45 bits per heavy atom. The van der Waals surface area contributed by atoms with Crippen molar-refractivity contribution in [3.8, 4) is 6.07 Å². The number of piperazine rings is 1. The normalized spacial score (nSPS) is 22.2. The van der Waals surface area contributed by atoms with E-state index in [4.69, 9.17) is 40.1 Å². The summed E-state index contributed by atoms with van der Waals surface area (Å²) in [5, 5.41) is 13.2. The van der Waals surface area contributed by atoms with Crippen molar-refractivity contribution in [2.45, 2.75) is 57.4 Å². The SMILES string of the molecule is N#CCCCC(=O)N[C@H]1CC[C@H](CCN2CCN(c3ccc(Cl)c(Cl)c3Cl)CC2)CC1. The van der Waals surface area contributed by atoms with Crippen LogP contribution in [0.4, 0.5) is 5.69 Å². The Hall–Kier alpha value is -1.19. The summed E-state index contributed by atoms with van der Waals surface area (Å²) in [5.74, 6) is 0.841. The Labute approximate surface area is 200 Å². The molecule has 8 heteroatoms. The second-order valence-corrected chi connectivity index (χ2v) is 9.77. The smallest absolute Gasteiger partial charge is 0.220 e. The van der Waals surface area contributed by atoms with Crippen LogP contribution in [-0.2, 0) is 4.79 Å². The first kappa shape index (κ1) is 24.5. The number of nitriles is 1. The molecular weight excluding hydrogens is 455 g/mol. The van der Waals surface area contributed by atoms with Crippen LogP contribution in [0.3, 0.4) is 0 Å². The van der Waals surface area contributed by atoms with Gasteiger partial charge in [0.15, 0.2) is 0 Å². The van der Waals surface area contributed by atoms with Crippen LogP contribution in [-0.4, -0.2) is 49.6 Å². The van der Waals surface area contributed by atoms with E-state index in [0.717, 1.165) is 57.2 Å². The minimum absolute atomic E-state index is 0.0960. The van der Waals surface area contributed by atoms with Crippen LogP contribution in [0.2, 0.25) is 15.1 Å². The number of carbonyl (C=O) groups is 1. The highest BCUT2D eigenvalue weighted by Gasteiger charge is 2.24. The standard InChI is InChI=1S/C23H31Cl3N4O/c24-19-8-9-20(23(26)22(19)25)30-15-13-29(14-16-30)12-10-17-4-6-18(7-5-17)28-21(31)3-1-2-11-27/h8-9,17-18H,1-7,10,12-16H2,(H,28,31)/t17-,18-. The molecule has 1 aliphatic carbocycles. The lowest BCUT2D eigenvalue weighted by Crippen LogP contribution is -2.47. The van der Waals surface area contributed by atoms with E-state index in [2.05, 4.69) is 21.2 Å². The van der Waals surface area contributed by atoms with Crippen molar-refractivity contribution in [3.05, 3.63) is 27.2 Å². The number of benzene rings is 1. The van der Waals surface area contributed by atoms with Gasteiger partial charge in [0.2, 0.25) is 5.91 Å². The number of unbranched alkanes of at least 4 members (excludes halogenated alkanes) is 1. The van der Waals surface area contributed by atoms with Crippen LogP contribution in [0.1, 0.15) is 51.4 Å². The fourth-order valence-corrected chi connectivity index (χ4v) is 5.21. The number of nitrogens with one attached hydrogen (secondary N) is 1. The second kappa shape index (κ2) is 12.2. The predicted molar refractivity (Wildman–Crippen MR) is 128 cm³/mol. The first-order chi connectivity index (χ1) is 15.0. The van der Waals surface area contributed by atoms with E-state index in [1.807, 2.05) is 12.1 Å². The van der Waals surface area contributed by atoms with Gasteiger partial charge in [0, 0.05) is 45.1 Å². The van der Waals surface area contributed by atoms with Crippen LogP contribution in [0.25, 0.3) is 0 Å². The fraction of sp³-hybridized carbons (Fsp3) is 0.652. The molecule has 1 amide bonds. The molecule has 2 aliphatic rings. The number of nitrogens with zero attached hydrogens (tertiary/aromatic N) is 3. The predicted octanol–water partition coefficient (Wildman–Crippen LogP) is 5.53. The van der Waals surface area contributed by atoms with Crippen LogP contribution >= 0.6 is 34.8 Å². The molecule has 1 heterocycles. The molecular formula is C23H31Cl3N4O. The molecule has 1 aromatic carbocycles. The molecule has 0 aromatic heterocycles. The minimum atomic E-state index is 0.0960. The number of halogens is 3. The average molecular weight is 486 g/mol. The van der Waals surface area contributed by atoms with Crippen molar-refractivity contribution < 1.29 is 4.79 Å². The van der Waals surface area contributed by atoms with Gasteiger partial charge in [-0.25, -0.2) is 0 Å². The van der Waals surface area contributed by atoms with Crippen LogP contribution in [0, 0.1) is 17.2 Å². The van der Waals surface area contributed by atoms with Crippen molar-refractivity contribution in [2.24, 2.45) is 5.92 Å². The van der Waals surface area contributed by atoms with Gasteiger partial charge in [0.1, 0.15) is 0 Å². The lowest BCUT2D eigenvalue weighted by Gasteiger charge is -2.37. The number of hydrogen-bond acceptors (Lipinski definition) is 4. The second-order valence-electron chi connectivity index (χ2n) is 8.61. The van der Waals surface area contributed by atoms with Crippen molar-refractivity contribution in [3.63, 3.8) is 0 Å². The lowest BCUT2D eigenvalue weighted by molar-refractivity contribution is -0.122. The summed E-state index contributed by atoms with van der Waals surface area (Å²) in [4.78, 5) is 16.7. The highest BCUT2D eigenvalue weighted by atomic mass is 35.5. The number of hydrogen-bond donors (Lipinski definition) is 1. The summed E-state index contributed by atoms with van der Waals surface area (Å²) < 4.78 is 0. The van der Waals surface area contributed by atoms with Gasteiger partial charge in [-0.15, -0.1) is 0 Å². The van der Waals surface area contributed by atoms with E-state index in [9.17, 15) is 4.79 Å². The summed E-state index contributed by atoms with van der Waals surface area (Å²) >= 11 is 18.6. The Morgan fingerprint density at radius 1 is 1.06 bits per heavy atom. The Bertz CT molecular complexity index is 782. The number of anilines is 1. The molecule has 5 nitrogen and oxygen atoms in total. The molecule has 2 fully saturated rings. The number of carbonyl (C=O) groups excluding carboxylic acids is 1. The molecule has 1 N–H and O–H groups in total.